The number of benzene rings is 1. The molecule has 1 aromatic rings. The molecule has 1 aliphatic rings. The summed E-state index contributed by atoms with van der Waals surface area (Å²) in [6.07, 6.45) is 0. The van der Waals surface area contributed by atoms with Crippen LogP contribution in [-0.2, 0) is 10.2 Å². The molecule has 0 radical (unpaired) electrons. The van der Waals surface area contributed by atoms with Gasteiger partial charge in [0.05, 0.1) is 5.41 Å². The van der Waals surface area contributed by atoms with Gasteiger partial charge in [-0.3, -0.25) is 9.69 Å². The number of piperazine rings is 1. The lowest BCUT2D eigenvalue weighted by Gasteiger charge is -2.38. The number of hydrogen-bond acceptors (Lipinski definition) is 2. The molecule has 1 saturated heterocycles. The third-order valence-electron chi connectivity index (χ3n) is 4.09. The Morgan fingerprint density at radius 1 is 1.15 bits per heavy atom. The van der Waals surface area contributed by atoms with Crippen molar-refractivity contribution >= 4 is 17.5 Å². The zero-order chi connectivity index (χ0) is 14.6. The summed E-state index contributed by atoms with van der Waals surface area (Å²) in [7, 11) is 0. The van der Waals surface area contributed by atoms with Crippen LogP contribution < -0.4 is 0 Å². The van der Waals surface area contributed by atoms with Gasteiger partial charge in [0.1, 0.15) is 0 Å². The maximum atomic E-state index is 12.8. The lowest BCUT2D eigenvalue weighted by atomic mass is 9.83. The van der Waals surface area contributed by atoms with Gasteiger partial charge in [-0.2, -0.15) is 0 Å². The molecule has 0 saturated carbocycles. The van der Waals surface area contributed by atoms with Gasteiger partial charge in [-0.1, -0.05) is 30.3 Å². The van der Waals surface area contributed by atoms with E-state index in [2.05, 4.69) is 4.90 Å². The topological polar surface area (TPSA) is 23.6 Å². The highest BCUT2D eigenvalue weighted by Crippen LogP contribution is 2.26. The lowest BCUT2D eigenvalue weighted by Crippen LogP contribution is -2.53. The van der Waals surface area contributed by atoms with Gasteiger partial charge in [0, 0.05) is 38.6 Å². The number of carbonyl (C=O) groups excluding carboxylic acids is 1. The predicted molar refractivity (Wildman–Crippen MR) is 83.2 cm³/mol. The van der Waals surface area contributed by atoms with Crippen LogP contribution in [0, 0.1) is 0 Å². The van der Waals surface area contributed by atoms with Crippen molar-refractivity contribution in [3.8, 4) is 0 Å². The first-order valence-corrected chi connectivity index (χ1v) is 7.72. The molecule has 0 bridgehead atoms. The number of rotatable bonds is 4. The summed E-state index contributed by atoms with van der Waals surface area (Å²) in [6.45, 7) is 8.36. The monoisotopic (exact) mass is 294 g/mol. The molecule has 1 aromatic carbocycles. The van der Waals surface area contributed by atoms with E-state index in [9.17, 15) is 4.79 Å². The fraction of sp³-hybridized carbons (Fsp3) is 0.562. The SMILES string of the molecule is CC(C)(C(=O)N1CCN(CCCl)CC1)c1ccccc1. The number of amides is 1. The van der Waals surface area contributed by atoms with Crippen molar-refractivity contribution in [2.45, 2.75) is 19.3 Å². The zero-order valence-electron chi connectivity index (χ0n) is 12.3. The summed E-state index contributed by atoms with van der Waals surface area (Å²) in [5.41, 5.74) is 0.615. The van der Waals surface area contributed by atoms with Gasteiger partial charge in [0.2, 0.25) is 5.91 Å². The van der Waals surface area contributed by atoms with Crippen LogP contribution in [-0.4, -0.2) is 54.3 Å². The van der Waals surface area contributed by atoms with Gasteiger partial charge >= 0.3 is 0 Å². The number of hydrogen-bond donors (Lipinski definition) is 0. The molecule has 1 heterocycles. The minimum Gasteiger partial charge on any atom is -0.339 e. The third kappa shape index (κ3) is 3.33. The van der Waals surface area contributed by atoms with E-state index in [0.29, 0.717) is 5.88 Å². The first kappa shape index (κ1) is 15.3. The molecular weight excluding hydrogens is 272 g/mol. The lowest BCUT2D eigenvalue weighted by molar-refractivity contribution is -0.138. The van der Waals surface area contributed by atoms with Crippen LogP contribution >= 0.6 is 11.6 Å². The van der Waals surface area contributed by atoms with Gasteiger partial charge in [-0.15, -0.1) is 11.6 Å². The number of halogens is 1. The summed E-state index contributed by atoms with van der Waals surface area (Å²) < 4.78 is 0. The maximum absolute atomic E-state index is 12.8. The zero-order valence-corrected chi connectivity index (χ0v) is 13.1. The number of alkyl halides is 1. The Morgan fingerprint density at radius 3 is 2.30 bits per heavy atom. The molecule has 1 fully saturated rings. The van der Waals surface area contributed by atoms with E-state index >= 15 is 0 Å². The van der Waals surface area contributed by atoms with Crippen LogP contribution in [0.3, 0.4) is 0 Å². The summed E-state index contributed by atoms with van der Waals surface area (Å²) in [5.74, 6) is 0.873. The quantitative estimate of drug-likeness (QED) is 0.796. The van der Waals surface area contributed by atoms with E-state index in [1.165, 1.54) is 0 Å². The van der Waals surface area contributed by atoms with Crippen LogP contribution in [0.2, 0.25) is 0 Å². The van der Waals surface area contributed by atoms with Gasteiger partial charge in [-0.05, 0) is 19.4 Å². The normalized spacial score (nSPS) is 17.2. The van der Waals surface area contributed by atoms with Crippen molar-refractivity contribution in [2.75, 3.05) is 38.6 Å². The molecule has 1 aliphatic heterocycles. The molecule has 0 aromatic heterocycles. The Morgan fingerprint density at radius 2 is 1.75 bits per heavy atom. The number of nitrogens with zero attached hydrogens (tertiary/aromatic N) is 2. The Balaban J connectivity index is 2.01. The Bertz CT molecular complexity index is 439. The molecule has 20 heavy (non-hydrogen) atoms. The van der Waals surface area contributed by atoms with E-state index in [0.717, 1.165) is 38.3 Å². The first-order valence-electron chi connectivity index (χ1n) is 7.19. The van der Waals surface area contributed by atoms with E-state index < -0.39 is 5.41 Å². The molecule has 1 amide bonds. The highest BCUT2D eigenvalue weighted by Gasteiger charge is 2.34. The smallest absolute Gasteiger partial charge is 0.232 e. The summed E-state index contributed by atoms with van der Waals surface area (Å²) in [5, 5.41) is 0. The molecule has 110 valence electrons. The highest BCUT2D eigenvalue weighted by molar-refractivity contribution is 6.18. The molecule has 0 atom stereocenters. The molecule has 0 N–H and O–H groups in total. The van der Waals surface area contributed by atoms with Crippen molar-refractivity contribution in [2.24, 2.45) is 0 Å². The van der Waals surface area contributed by atoms with Crippen LogP contribution in [0.15, 0.2) is 30.3 Å². The fourth-order valence-corrected chi connectivity index (χ4v) is 2.91. The van der Waals surface area contributed by atoms with Crippen LogP contribution in [0.1, 0.15) is 19.4 Å². The van der Waals surface area contributed by atoms with Crippen molar-refractivity contribution in [1.29, 1.82) is 0 Å². The van der Waals surface area contributed by atoms with E-state index in [4.69, 9.17) is 11.6 Å². The van der Waals surface area contributed by atoms with Crippen LogP contribution in [0.5, 0.6) is 0 Å². The predicted octanol–water partition coefficient (Wildman–Crippen LogP) is 2.35. The highest BCUT2D eigenvalue weighted by atomic mass is 35.5. The second-order valence-electron chi connectivity index (χ2n) is 5.81. The average Bonchev–Trinajstić information content (AvgIpc) is 2.48. The van der Waals surface area contributed by atoms with E-state index in [1.54, 1.807) is 0 Å². The molecule has 4 heteroatoms. The summed E-state index contributed by atoms with van der Waals surface area (Å²) >= 11 is 5.76. The van der Waals surface area contributed by atoms with Crippen LogP contribution in [0.25, 0.3) is 0 Å². The van der Waals surface area contributed by atoms with Gasteiger partial charge in [0.15, 0.2) is 0 Å². The molecule has 3 nitrogen and oxygen atoms in total. The van der Waals surface area contributed by atoms with E-state index in [1.807, 2.05) is 49.1 Å². The summed E-state index contributed by atoms with van der Waals surface area (Å²) in [4.78, 5) is 17.1. The number of carbonyl (C=O) groups is 1. The van der Waals surface area contributed by atoms with Gasteiger partial charge < -0.3 is 4.90 Å². The molecule has 0 aliphatic carbocycles. The van der Waals surface area contributed by atoms with Crippen molar-refractivity contribution < 1.29 is 4.79 Å². The Hall–Kier alpha value is -1.06. The van der Waals surface area contributed by atoms with Crippen molar-refractivity contribution in [1.82, 2.24) is 9.80 Å². The van der Waals surface area contributed by atoms with Gasteiger partial charge in [0.25, 0.3) is 0 Å². The largest absolute Gasteiger partial charge is 0.339 e. The fourth-order valence-electron chi connectivity index (χ4n) is 2.67. The van der Waals surface area contributed by atoms with Gasteiger partial charge in [-0.25, -0.2) is 0 Å². The van der Waals surface area contributed by atoms with Crippen molar-refractivity contribution in [3.05, 3.63) is 35.9 Å². The minimum atomic E-state index is -0.462. The molecular formula is C16H23ClN2O. The van der Waals surface area contributed by atoms with Crippen molar-refractivity contribution in [3.63, 3.8) is 0 Å². The second kappa shape index (κ2) is 6.59. The average molecular weight is 295 g/mol. The standard InChI is InChI=1S/C16H23ClN2O/c1-16(2,14-6-4-3-5-7-14)15(20)19-12-10-18(9-8-17)11-13-19/h3-7H,8-13H2,1-2H3. The summed E-state index contributed by atoms with van der Waals surface area (Å²) in [6, 6.07) is 10.0. The Kier molecular flexibility index (Phi) is 5.06. The molecule has 0 spiro atoms. The Labute approximate surface area is 126 Å². The third-order valence-corrected chi connectivity index (χ3v) is 4.26. The molecule has 0 unspecified atom stereocenters. The maximum Gasteiger partial charge on any atom is 0.232 e. The van der Waals surface area contributed by atoms with Crippen LogP contribution in [0.4, 0.5) is 0 Å². The van der Waals surface area contributed by atoms with E-state index in [-0.39, 0.29) is 5.91 Å². The minimum absolute atomic E-state index is 0.217. The second-order valence-corrected chi connectivity index (χ2v) is 6.19. The first-order chi connectivity index (χ1) is 9.55. The molecule has 2 rings (SSSR count).